The van der Waals surface area contributed by atoms with E-state index in [0.29, 0.717) is 24.0 Å². The van der Waals surface area contributed by atoms with Gasteiger partial charge >= 0.3 is 5.69 Å². The van der Waals surface area contributed by atoms with Crippen LogP contribution in [-0.2, 0) is 13.6 Å². The van der Waals surface area contributed by atoms with E-state index in [0.717, 1.165) is 26.5 Å². The summed E-state index contributed by atoms with van der Waals surface area (Å²) in [6.45, 7) is 2.21. The summed E-state index contributed by atoms with van der Waals surface area (Å²) in [6.07, 6.45) is 3.71. The molecule has 0 amide bonds. The fourth-order valence-electron chi connectivity index (χ4n) is 4.44. The molecule has 2 aromatic carbocycles. The molecule has 0 radical (unpaired) electrons. The average Bonchev–Trinajstić information content (AvgIpc) is 3.24. The van der Waals surface area contributed by atoms with Gasteiger partial charge in [0.2, 0.25) is 0 Å². The average molecular weight is 451 g/mol. The number of fused-ring (bicyclic) bond motifs is 2. The van der Waals surface area contributed by atoms with Crippen molar-refractivity contribution in [2.75, 3.05) is 0 Å². The predicted octanol–water partition coefficient (Wildman–Crippen LogP) is 3.63. The highest BCUT2D eigenvalue weighted by atomic mass is 16.2. The number of aromatic nitrogens is 5. The molecule has 0 saturated carbocycles. The highest BCUT2D eigenvalue weighted by molar-refractivity contribution is 5.91. The Balaban J connectivity index is 1.87. The lowest BCUT2D eigenvalue weighted by Gasteiger charge is -2.12. The zero-order valence-corrected chi connectivity index (χ0v) is 18.8. The lowest BCUT2D eigenvalue weighted by molar-refractivity contribution is 0.548. The van der Waals surface area contributed by atoms with Crippen LogP contribution in [0.2, 0.25) is 0 Å². The summed E-state index contributed by atoms with van der Waals surface area (Å²) in [7, 11) is 1.43. The third-order valence-electron chi connectivity index (χ3n) is 6.17. The summed E-state index contributed by atoms with van der Waals surface area (Å²) in [4.78, 5) is 30.5. The van der Waals surface area contributed by atoms with Crippen LogP contribution < -0.4 is 11.2 Å². The molecule has 0 aliphatic carbocycles. The number of pyridine rings is 1. The van der Waals surface area contributed by atoms with E-state index in [9.17, 15) is 14.9 Å². The maximum Gasteiger partial charge on any atom is 0.333 e. The number of nitriles is 1. The van der Waals surface area contributed by atoms with Gasteiger partial charge in [-0.1, -0.05) is 49.4 Å². The highest BCUT2D eigenvalue weighted by Gasteiger charge is 2.25. The summed E-state index contributed by atoms with van der Waals surface area (Å²) >= 11 is 0. The maximum atomic E-state index is 13.4. The molecule has 0 spiro atoms. The minimum atomic E-state index is -0.743. The summed E-state index contributed by atoms with van der Waals surface area (Å²) in [6, 6.07) is 19.2. The molecule has 1 unspecified atom stereocenters. The molecule has 34 heavy (non-hydrogen) atoms. The Bertz CT molecular complexity index is 1680. The molecule has 0 fully saturated rings. The monoisotopic (exact) mass is 450 g/mol. The molecule has 3 heterocycles. The van der Waals surface area contributed by atoms with Gasteiger partial charge in [-0.25, -0.2) is 4.79 Å². The van der Waals surface area contributed by atoms with Crippen LogP contribution in [0.4, 0.5) is 0 Å². The maximum absolute atomic E-state index is 13.4. The Labute approximate surface area is 195 Å². The third-order valence-corrected chi connectivity index (χ3v) is 6.17. The first kappa shape index (κ1) is 21.3. The Morgan fingerprint density at radius 1 is 1.03 bits per heavy atom. The smallest absolute Gasteiger partial charge is 0.268 e. The van der Waals surface area contributed by atoms with Crippen molar-refractivity contribution < 1.29 is 0 Å². The molecule has 0 aliphatic heterocycles. The predicted molar refractivity (Wildman–Crippen MR) is 130 cm³/mol. The highest BCUT2D eigenvalue weighted by Crippen LogP contribution is 2.29. The van der Waals surface area contributed by atoms with Crippen molar-refractivity contribution in [2.45, 2.75) is 25.9 Å². The third kappa shape index (κ3) is 3.30. The van der Waals surface area contributed by atoms with Gasteiger partial charge in [0.15, 0.2) is 5.65 Å². The number of rotatable bonds is 5. The SMILES string of the molecule is CCC(C#N)n1c(=O)n(C)c(=O)c2c(-c3ccncc3)n(Cc3cccc4ccccc34)nc21. The Morgan fingerprint density at radius 3 is 2.50 bits per heavy atom. The van der Waals surface area contributed by atoms with Crippen LogP contribution >= 0.6 is 0 Å². The molecule has 5 aromatic rings. The van der Waals surface area contributed by atoms with E-state index < -0.39 is 17.3 Å². The topological polar surface area (TPSA) is 98.5 Å². The van der Waals surface area contributed by atoms with E-state index in [2.05, 4.69) is 17.1 Å². The normalized spacial score (nSPS) is 12.1. The van der Waals surface area contributed by atoms with Crippen LogP contribution in [0.25, 0.3) is 33.1 Å². The lowest BCUT2D eigenvalue weighted by atomic mass is 10.0. The van der Waals surface area contributed by atoms with E-state index in [-0.39, 0.29) is 5.65 Å². The van der Waals surface area contributed by atoms with E-state index in [1.807, 2.05) is 55.5 Å². The molecule has 0 bridgehead atoms. The first-order valence-electron chi connectivity index (χ1n) is 11.0. The van der Waals surface area contributed by atoms with Gasteiger partial charge in [0.25, 0.3) is 5.56 Å². The second-order valence-corrected chi connectivity index (χ2v) is 8.15. The van der Waals surface area contributed by atoms with Crippen molar-refractivity contribution in [2.24, 2.45) is 7.05 Å². The van der Waals surface area contributed by atoms with Gasteiger partial charge in [-0.15, -0.1) is 0 Å². The molecule has 8 heteroatoms. The number of nitrogens with zero attached hydrogens (tertiary/aromatic N) is 6. The second kappa shape index (κ2) is 8.45. The molecule has 5 rings (SSSR count). The Kier molecular flexibility index (Phi) is 5.30. The Morgan fingerprint density at radius 2 is 1.76 bits per heavy atom. The first-order valence-corrected chi connectivity index (χ1v) is 11.0. The van der Waals surface area contributed by atoms with Crippen LogP contribution in [-0.4, -0.2) is 23.9 Å². The van der Waals surface area contributed by atoms with Gasteiger partial charge in [-0.2, -0.15) is 10.4 Å². The molecule has 0 aliphatic rings. The van der Waals surface area contributed by atoms with E-state index >= 15 is 0 Å². The standard InChI is InChI=1S/C26H22N6O2/c1-3-20(15-27)32-24-22(25(33)30(2)26(32)34)23(18-11-13-28-14-12-18)31(29-24)16-19-9-6-8-17-7-4-5-10-21(17)19/h4-14,20H,3,16H2,1-2H3. The fraction of sp³-hybridized carbons (Fsp3) is 0.192. The van der Waals surface area contributed by atoms with Crippen molar-refractivity contribution in [3.8, 4) is 17.3 Å². The molecule has 0 saturated heterocycles. The lowest BCUT2D eigenvalue weighted by Crippen LogP contribution is -2.39. The Hall–Kier alpha value is -4.51. The number of hydrogen-bond acceptors (Lipinski definition) is 5. The van der Waals surface area contributed by atoms with Gasteiger partial charge < -0.3 is 0 Å². The molecular weight excluding hydrogens is 428 g/mol. The fourth-order valence-corrected chi connectivity index (χ4v) is 4.44. The molecule has 8 nitrogen and oxygen atoms in total. The zero-order chi connectivity index (χ0) is 23.8. The minimum absolute atomic E-state index is 0.216. The number of hydrogen-bond donors (Lipinski definition) is 0. The van der Waals surface area contributed by atoms with Crippen LogP contribution in [0.5, 0.6) is 0 Å². The van der Waals surface area contributed by atoms with E-state index in [1.54, 1.807) is 17.1 Å². The van der Waals surface area contributed by atoms with Crippen molar-refractivity contribution in [1.82, 2.24) is 23.9 Å². The molecule has 1 atom stereocenters. The van der Waals surface area contributed by atoms with Gasteiger partial charge in [-0.3, -0.25) is 23.6 Å². The summed E-state index contributed by atoms with van der Waals surface area (Å²) in [5.41, 5.74) is 1.59. The van der Waals surface area contributed by atoms with Gasteiger partial charge in [0.1, 0.15) is 11.4 Å². The van der Waals surface area contributed by atoms with E-state index in [1.165, 1.54) is 11.6 Å². The molecule has 168 valence electrons. The van der Waals surface area contributed by atoms with Crippen molar-refractivity contribution in [3.05, 3.63) is 93.4 Å². The summed E-state index contributed by atoms with van der Waals surface area (Å²) < 4.78 is 4.14. The van der Waals surface area contributed by atoms with Crippen molar-refractivity contribution in [3.63, 3.8) is 0 Å². The van der Waals surface area contributed by atoms with Gasteiger partial charge in [0.05, 0.1) is 18.3 Å². The van der Waals surface area contributed by atoms with Gasteiger partial charge in [-0.05, 0) is 34.9 Å². The summed E-state index contributed by atoms with van der Waals surface area (Å²) in [5, 5.41) is 17.0. The van der Waals surface area contributed by atoms with Crippen LogP contribution in [0, 0.1) is 11.3 Å². The van der Waals surface area contributed by atoms with Crippen LogP contribution in [0.15, 0.2) is 76.6 Å². The van der Waals surface area contributed by atoms with Crippen LogP contribution in [0.1, 0.15) is 24.9 Å². The van der Waals surface area contributed by atoms with Crippen molar-refractivity contribution >= 4 is 21.8 Å². The minimum Gasteiger partial charge on any atom is -0.268 e. The quantitative estimate of drug-likeness (QED) is 0.407. The first-order chi connectivity index (χ1) is 16.5. The number of benzene rings is 2. The second-order valence-electron chi connectivity index (χ2n) is 8.15. The van der Waals surface area contributed by atoms with Gasteiger partial charge in [0, 0.05) is 25.0 Å². The van der Waals surface area contributed by atoms with E-state index in [4.69, 9.17) is 5.10 Å². The summed E-state index contributed by atoms with van der Waals surface area (Å²) in [5.74, 6) is 0. The largest absolute Gasteiger partial charge is 0.333 e. The van der Waals surface area contributed by atoms with Crippen molar-refractivity contribution in [1.29, 1.82) is 5.26 Å². The molecular formula is C26H22N6O2. The molecule has 0 N–H and O–H groups in total. The molecule has 3 aromatic heterocycles. The zero-order valence-electron chi connectivity index (χ0n) is 18.8. The van der Waals surface area contributed by atoms with Crippen LogP contribution in [0.3, 0.4) is 0 Å².